The van der Waals surface area contributed by atoms with Gasteiger partial charge in [-0.15, -0.1) is 0 Å². The third-order valence-corrected chi connectivity index (χ3v) is 8.77. The van der Waals surface area contributed by atoms with E-state index < -0.39 is 12.0 Å². The Morgan fingerprint density at radius 1 is 0.957 bits per heavy atom. The normalized spacial score (nSPS) is 14.6. The number of aromatic nitrogens is 1. The van der Waals surface area contributed by atoms with Crippen LogP contribution in [0.2, 0.25) is 0 Å². The van der Waals surface area contributed by atoms with E-state index in [0.29, 0.717) is 45.3 Å². The van der Waals surface area contributed by atoms with Gasteiger partial charge in [-0.1, -0.05) is 61.6 Å². The molecule has 0 aliphatic carbocycles. The van der Waals surface area contributed by atoms with E-state index in [4.69, 9.17) is 23.9 Å². The Kier molecular flexibility index (Phi) is 10.1. The van der Waals surface area contributed by atoms with Gasteiger partial charge < -0.3 is 18.9 Å². The smallest absolute Gasteiger partial charge is 0.338 e. The number of hydrogen-bond acceptors (Lipinski definition) is 8. The minimum Gasteiger partial charge on any atom is -0.496 e. The number of hydrogen-bond donors (Lipinski definition) is 0. The highest BCUT2D eigenvalue weighted by Gasteiger charge is 2.35. The molecule has 0 amide bonds. The molecule has 0 saturated heterocycles. The van der Waals surface area contributed by atoms with E-state index in [1.165, 1.54) is 11.3 Å². The van der Waals surface area contributed by atoms with Crippen molar-refractivity contribution in [1.29, 1.82) is 0 Å². The van der Waals surface area contributed by atoms with Crippen molar-refractivity contribution >= 4 is 29.1 Å². The van der Waals surface area contributed by atoms with Gasteiger partial charge in [-0.25, -0.2) is 9.79 Å². The molecule has 0 fully saturated rings. The highest BCUT2D eigenvalue weighted by molar-refractivity contribution is 7.07. The monoisotopic (exact) mass is 640 g/mol. The molecule has 46 heavy (non-hydrogen) atoms. The van der Waals surface area contributed by atoms with Crippen LogP contribution in [0, 0.1) is 6.92 Å². The molecule has 1 unspecified atom stereocenters. The van der Waals surface area contributed by atoms with Gasteiger partial charge in [-0.3, -0.25) is 9.36 Å². The lowest BCUT2D eigenvalue weighted by Crippen LogP contribution is -2.40. The number of ether oxygens (including phenoxy) is 4. The number of carbonyl (C=O) groups is 1. The average Bonchev–Trinajstić information content (AvgIpc) is 3.36. The summed E-state index contributed by atoms with van der Waals surface area (Å²) in [5, 5.41) is 0. The molecule has 1 aliphatic heterocycles. The van der Waals surface area contributed by atoms with Crippen molar-refractivity contribution in [3.8, 4) is 17.2 Å². The number of thiazole rings is 1. The standard InChI is InChI=1S/C37H40N2O6S/c1-8-43-28-17-16-25(20-30(28)44-9-2)34-32(36(41)45-10-3)33(24-14-12-11-13-15-24)38-37-39(34)35(40)31(46-37)21-26-19-27(22(4)5)29(42-7)18-23(26)6/h11-22,34H,8-10H2,1-7H3/b31-21-. The van der Waals surface area contributed by atoms with E-state index in [2.05, 4.69) is 19.9 Å². The number of aryl methyl sites for hydroxylation is 1. The predicted octanol–water partition coefficient (Wildman–Crippen LogP) is 6.17. The van der Waals surface area contributed by atoms with Crippen LogP contribution in [0.1, 0.15) is 74.4 Å². The maximum Gasteiger partial charge on any atom is 0.338 e. The topological polar surface area (TPSA) is 88.4 Å². The summed E-state index contributed by atoms with van der Waals surface area (Å²) in [7, 11) is 1.67. The Bertz CT molecular complexity index is 1960. The lowest BCUT2D eigenvalue weighted by Gasteiger charge is -2.26. The second-order valence-corrected chi connectivity index (χ2v) is 12.1. The van der Waals surface area contributed by atoms with Crippen molar-refractivity contribution in [1.82, 2.24) is 4.57 Å². The number of fused-ring (bicyclic) bond motifs is 1. The van der Waals surface area contributed by atoms with Gasteiger partial charge in [0.2, 0.25) is 0 Å². The van der Waals surface area contributed by atoms with Crippen LogP contribution < -0.4 is 29.1 Å². The molecule has 0 N–H and O–H groups in total. The number of benzene rings is 3. The van der Waals surface area contributed by atoms with Crippen molar-refractivity contribution < 1.29 is 23.7 Å². The molecule has 0 bridgehead atoms. The Labute approximate surface area is 273 Å². The molecule has 0 saturated carbocycles. The van der Waals surface area contributed by atoms with Crippen molar-refractivity contribution in [2.75, 3.05) is 26.9 Å². The molecule has 1 aromatic heterocycles. The summed E-state index contributed by atoms with van der Waals surface area (Å²) in [5.74, 6) is 1.62. The van der Waals surface area contributed by atoms with Crippen LogP contribution >= 0.6 is 11.3 Å². The molecule has 1 aliphatic rings. The lowest BCUT2D eigenvalue weighted by atomic mass is 9.93. The first-order valence-electron chi connectivity index (χ1n) is 15.6. The maximum absolute atomic E-state index is 14.4. The number of esters is 1. The van der Waals surface area contributed by atoms with Crippen molar-refractivity contribution in [2.24, 2.45) is 4.99 Å². The fourth-order valence-electron chi connectivity index (χ4n) is 5.63. The van der Waals surface area contributed by atoms with E-state index in [-0.39, 0.29) is 23.7 Å². The van der Waals surface area contributed by atoms with Gasteiger partial charge in [0.15, 0.2) is 16.3 Å². The zero-order valence-electron chi connectivity index (χ0n) is 27.4. The van der Waals surface area contributed by atoms with Gasteiger partial charge in [0.1, 0.15) is 5.75 Å². The van der Waals surface area contributed by atoms with E-state index in [9.17, 15) is 9.59 Å². The Morgan fingerprint density at radius 3 is 2.33 bits per heavy atom. The van der Waals surface area contributed by atoms with Gasteiger partial charge in [-0.05, 0) is 86.2 Å². The van der Waals surface area contributed by atoms with Crippen LogP contribution in [0.3, 0.4) is 0 Å². The van der Waals surface area contributed by atoms with Crippen LogP contribution in [0.25, 0.3) is 11.8 Å². The summed E-state index contributed by atoms with van der Waals surface area (Å²) in [6, 6.07) is 18.3. The first-order chi connectivity index (χ1) is 22.2. The first kappa shape index (κ1) is 32.8. The quantitative estimate of drug-likeness (QED) is 0.182. The Morgan fingerprint density at radius 2 is 1.67 bits per heavy atom. The van der Waals surface area contributed by atoms with E-state index in [1.54, 1.807) is 18.6 Å². The fraction of sp³-hybridized carbons (Fsp3) is 0.324. The fourth-order valence-corrected chi connectivity index (χ4v) is 6.63. The molecular weight excluding hydrogens is 600 g/mol. The summed E-state index contributed by atoms with van der Waals surface area (Å²) >= 11 is 1.29. The highest BCUT2D eigenvalue weighted by Crippen LogP contribution is 2.39. The zero-order chi connectivity index (χ0) is 33.0. The van der Waals surface area contributed by atoms with Gasteiger partial charge in [0.05, 0.1) is 48.8 Å². The molecule has 2 heterocycles. The van der Waals surface area contributed by atoms with Gasteiger partial charge >= 0.3 is 5.97 Å². The third kappa shape index (κ3) is 6.37. The van der Waals surface area contributed by atoms with Crippen molar-refractivity contribution in [3.63, 3.8) is 0 Å². The summed E-state index contributed by atoms with van der Waals surface area (Å²) in [4.78, 5) is 33.7. The zero-order valence-corrected chi connectivity index (χ0v) is 28.2. The third-order valence-electron chi connectivity index (χ3n) is 7.78. The summed E-state index contributed by atoms with van der Waals surface area (Å²) < 4.78 is 25.1. The molecule has 0 radical (unpaired) electrons. The van der Waals surface area contributed by atoms with Crippen molar-refractivity contribution in [2.45, 2.75) is 53.5 Å². The average molecular weight is 641 g/mol. The predicted molar refractivity (Wildman–Crippen MR) is 182 cm³/mol. The van der Waals surface area contributed by atoms with Gasteiger partial charge in [0, 0.05) is 5.56 Å². The van der Waals surface area contributed by atoms with Crippen LogP contribution in [-0.2, 0) is 9.53 Å². The highest BCUT2D eigenvalue weighted by atomic mass is 32.1. The van der Waals surface area contributed by atoms with E-state index in [1.807, 2.05) is 81.4 Å². The largest absolute Gasteiger partial charge is 0.496 e. The molecule has 240 valence electrons. The number of rotatable bonds is 11. The maximum atomic E-state index is 14.4. The molecule has 0 spiro atoms. The second-order valence-electron chi connectivity index (χ2n) is 11.1. The minimum atomic E-state index is -0.828. The van der Waals surface area contributed by atoms with Crippen LogP contribution in [0.4, 0.5) is 0 Å². The van der Waals surface area contributed by atoms with E-state index >= 15 is 0 Å². The summed E-state index contributed by atoms with van der Waals surface area (Å²) in [6.07, 6.45) is 1.90. The molecule has 5 rings (SSSR count). The number of carbonyl (C=O) groups excluding carboxylic acids is 1. The van der Waals surface area contributed by atoms with Crippen LogP contribution in [0.5, 0.6) is 17.2 Å². The molecular formula is C37H40N2O6S. The summed E-state index contributed by atoms with van der Waals surface area (Å²) in [6.45, 7) is 12.8. The number of nitrogens with zero attached hydrogens (tertiary/aromatic N) is 2. The molecule has 8 nitrogen and oxygen atoms in total. The molecule has 9 heteroatoms. The summed E-state index contributed by atoms with van der Waals surface area (Å²) in [5.41, 5.74) is 4.86. The van der Waals surface area contributed by atoms with Crippen LogP contribution in [-0.4, -0.2) is 37.5 Å². The molecule has 4 aromatic rings. The van der Waals surface area contributed by atoms with E-state index in [0.717, 1.165) is 28.0 Å². The van der Waals surface area contributed by atoms with Crippen molar-refractivity contribution in [3.05, 3.63) is 114 Å². The first-order valence-corrected chi connectivity index (χ1v) is 16.4. The number of methoxy groups -OCH3 is 1. The molecule has 3 aromatic carbocycles. The van der Waals surface area contributed by atoms with Crippen LogP contribution in [0.15, 0.2) is 76.0 Å². The Balaban J connectivity index is 1.83. The lowest BCUT2D eigenvalue weighted by molar-refractivity contribution is -0.138. The molecule has 1 atom stereocenters. The second kappa shape index (κ2) is 14.2. The minimum absolute atomic E-state index is 0.171. The SMILES string of the molecule is CCOC(=O)C1=C(c2ccccc2)N=c2s/c(=C\c3cc(C(C)C)c(OC)cc3C)c(=O)n2C1c1ccc(OCC)c(OCC)c1. The van der Waals surface area contributed by atoms with Gasteiger partial charge in [-0.2, -0.15) is 0 Å². The van der Waals surface area contributed by atoms with Gasteiger partial charge in [0.25, 0.3) is 5.56 Å². The Hall–Kier alpha value is -4.63.